The Morgan fingerprint density at radius 2 is 1.65 bits per heavy atom. The summed E-state index contributed by atoms with van der Waals surface area (Å²) in [5, 5.41) is 13.0. The number of nitrogens with one attached hydrogen (secondary N) is 1. The number of piperidine rings is 1. The molecule has 1 unspecified atom stereocenters. The number of aliphatic hydroxyl groups excluding tert-OH is 1. The SMILES string of the molecule is Cc1cc(C)c(C)c(C(CCO)C2CCNCC2)c1C. The molecule has 1 aliphatic heterocycles. The third-order valence-corrected chi connectivity index (χ3v) is 5.19. The molecule has 0 aliphatic carbocycles. The van der Waals surface area contributed by atoms with Crippen LogP contribution in [0.2, 0.25) is 0 Å². The third-order valence-electron chi connectivity index (χ3n) is 5.19. The lowest BCUT2D eigenvalue weighted by molar-refractivity contribution is 0.233. The highest BCUT2D eigenvalue weighted by Crippen LogP contribution is 2.38. The van der Waals surface area contributed by atoms with Gasteiger partial charge in [-0.25, -0.2) is 0 Å². The van der Waals surface area contributed by atoms with E-state index in [9.17, 15) is 5.11 Å². The average Bonchev–Trinajstić information content (AvgIpc) is 2.45. The van der Waals surface area contributed by atoms with E-state index in [4.69, 9.17) is 0 Å². The maximum Gasteiger partial charge on any atom is 0.0436 e. The van der Waals surface area contributed by atoms with E-state index < -0.39 is 0 Å². The average molecular weight is 275 g/mol. The Morgan fingerprint density at radius 3 is 2.15 bits per heavy atom. The summed E-state index contributed by atoms with van der Waals surface area (Å²) in [7, 11) is 0. The van der Waals surface area contributed by atoms with Crippen LogP contribution in [-0.4, -0.2) is 24.8 Å². The topological polar surface area (TPSA) is 32.3 Å². The molecule has 1 aliphatic rings. The molecule has 1 heterocycles. The Balaban J connectivity index is 2.42. The molecule has 1 aromatic carbocycles. The van der Waals surface area contributed by atoms with Gasteiger partial charge in [0.15, 0.2) is 0 Å². The van der Waals surface area contributed by atoms with Crippen LogP contribution in [0.1, 0.15) is 53.0 Å². The van der Waals surface area contributed by atoms with Crippen molar-refractivity contribution < 1.29 is 5.11 Å². The molecule has 0 saturated carbocycles. The van der Waals surface area contributed by atoms with E-state index in [1.807, 2.05) is 0 Å². The minimum Gasteiger partial charge on any atom is -0.396 e. The van der Waals surface area contributed by atoms with Crippen molar-refractivity contribution in [2.45, 2.75) is 52.9 Å². The zero-order valence-electron chi connectivity index (χ0n) is 13.4. The van der Waals surface area contributed by atoms with Crippen LogP contribution in [0.15, 0.2) is 6.07 Å². The van der Waals surface area contributed by atoms with Crippen LogP contribution in [0, 0.1) is 33.6 Å². The lowest BCUT2D eigenvalue weighted by atomic mass is 9.74. The second-order valence-electron chi connectivity index (χ2n) is 6.38. The van der Waals surface area contributed by atoms with Crippen molar-refractivity contribution in [3.8, 4) is 0 Å². The summed E-state index contributed by atoms with van der Waals surface area (Å²) in [6.45, 7) is 11.5. The van der Waals surface area contributed by atoms with E-state index in [2.05, 4.69) is 39.1 Å². The van der Waals surface area contributed by atoms with Gasteiger partial charge in [-0.1, -0.05) is 6.07 Å². The lowest BCUT2D eigenvalue weighted by Gasteiger charge is -2.33. The van der Waals surface area contributed by atoms with Crippen LogP contribution in [0.4, 0.5) is 0 Å². The normalized spacial score (nSPS) is 18.2. The molecule has 1 aromatic rings. The quantitative estimate of drug-likeness (QED) is 0.883. The largest absolute Gasteiger partial charge is 0.396 e. The molecule has 1 fully saturated rings. The monoisotopic (exact) mass is 275 g/mol. The summed E-state index contributed by atoms with van der Waals surface area (Å²) in [6.07, 6.45) is 3.36. The Hall–Kier alpha value is -0.860. The molecule has 2 heteroatoms. The first-order valence-electron chi connectivity index (χ1n) is 7.95. The van der Waals surface area contributed by atoms with Crippen molar-refractivity contribution in [1.82, 2.24) is 5.32 Å². The molecular formula is C18H29NO. The highest BCUT2D eigenvalue weighted by atomic mass is 16.3. The fourth-order valence-electron chi connectivity index (χ4n) is 3.80. The Morgan fingerprint density at radius 1 is 1.10 bits per heavy atom. The number of hydrogen-bond donors (Lipinski definition) is 2. The van der Waals surface area contributed by atoms with Crippen LogP contribution < -0.4 is 5.32 Å². The summed E-state index contributed by atoms with van der Waals surface area (Å²) in [4.78, 5) is 0. The first-order valence-corrected chi connectivity index (χ1v) is 7.95. The standard InChI is InChI=1S/C18H29NO/c1-12-11-13(2)15(4)18(14(12)3)17(7-10-20)16-5-8-19-9-6-16/h11,16-17,19-20H,5-10H2,1-4H3. The van der Waals surface area contributed by atoms with Gasteiger partial charge in [-0.05, 0) is 99.7 Å². The van der Waals surface area contributed by atoms with Gasteiger partial charge in [0, 0.05) is 6.61 Å². The fraction of sp³-hybridized carbons (Fsp3) is 0.667. The molecule has 0 spiro atoms. The molecule has 2 N–H and O–H groups in total. The van der Waals surface area contributed by atoms with Crippen LogP contribution in [-0.2, 0) is 0 Å². The van der Waals surface area contributed by atoms with Crippen LogP contribution >= 0.6 is 0 Å². The zero-order valence-corrected chi connectivity index (χ0v) is 13.4. The Kier molecular flexibility index (Phi) is 5.22. The maximum absolute atomic E-state index is 9.53. The highest BCUT2D eigenvalue weighted by Gasteiger charge is 2.27. The maximum atomic E-state index is 9.53. The number of aliphatic hydroxyl groups is 1. The van der Waals surface area contributed by atoms with Gasteiger partial charge in [-0.15, -0.1) is 0 Å². The molecule has 0 aromatic heterocycles. The first-order chi connectivity index (χ1) is 9.56. The minimum absolute atomic E-state index is 0.292. The van der Waals surface area contributed by atoms with Crippen LogP contribution in [0.25, 0.3) is 0 Å². The van der Waals surface area contributed by atoms with Crippen molar-refractivity contribution >= 4 is 0 Å². The van der Waals surface area contributed by atoms with E-state index in [1.54, 1.807) is 0 Å². The molecule has 2 nitrogen and oxygen atoms in total. The molecule has 0 amide bonds. The van der Waals surface area contributed by atoms with Gasteiger partial charge in [0.05, 0.1) is 0 Å². The summed E-state index contributed by atoms with van der Waals surface area (Å²) in [5.74, 6) is 1.22. The summed E-state index contributed by atoms with van der Waals surface area (Å²) < 4.78 is 0. The lowest BCUT2D eigenvalue weighted by Crippen LogP contribution is -2.31. The molecule has 0 radical (unpaired) electrons. The van der Waals surface area contributed by atoms with Gasteiger partial charge in [-0.3, -0.25) is 0 Å². The van der Waals surface area contributed by atoms with Crippen molar-refractivity contribution in [2.24, 2.45) is 5.92 Å². The predicted octanol–water partition coefficient (Wildman–Crippen LogP) is 3.39. The second-order valence-corrected chi connectivity index (χ2v) is 6.38. The van der Waals surface area contributed by atoms with E-state index >= 15 is 0 Å². The molecule has 1 saturated heterocycles. The molecular weight excluding hydrogens is 246 g/mol. The van der Waals surface area contributed by atoms with Gasteiger partial charge < -0.3 is 10.4 Å². The summed E-state index contributed by atoms with van der Waals surface area (Å²) >= 11 is 0. The Bertz CT molecular complexity index is 435. The fourth-order valence-corrected chi connectivity index (χ4v) is 3.80. The van der Waals surface area contributed by atoms with Crippen molar-refractivity contribution in [2.75, 3.05) is 19.7 Å². The minimum atomic E-state index is 0.292. The second kappa shape index (κ2) is 6.73. The van der Waals surface area contributed by atoms with Crippen molar-refractivity contribution in [3.63, 3.8) is 0 Å². The van der Waals surface area contributed by atoms with Crippen LogP contribution in [0.5, 0.6) is 0 Å². The van der Waals surface area contributed by atoms with E-state index in [1.165, 1.54) is 40.7 Å². The zero-order chi connectivity index (χ0) is 14.7. The number of aryl methyl sites for hydroxylation is 2. The van der Waals surface area contributed by atoms with Crippen molar-refractivity contribution in [3.05, 3.63) is 33.9 Å². The number of hydrogen-bond acceptors (Lipinski definition) is 2. The first kappa shape index (κ1) is 15.5. The highest BCUT2D eigenvalue weighted by molar-refractivity contribution is 5.46. The molecule has 0 bridgehead atoms. The number of rotatable bonds is 4. The summed E-state index contributed by atoms with van der Waals surface area (Å²) in [5.41, 5.74) is 7.17. The van der Waals surface area contributed by atoms with E-state index in [0.29, 0.717) is 18.4 Å². The summed E-state index contributed by atoms with van der Waals surface area (Å²) in [6, 6.07) is 2.30. The van der Waals surface area contributed by atoms with Crippen LogP contribution in [0.3, 0.4) is 0 Å². The van der Waals surface area contributed by atoms with E-state index in [-0.39, 0.29) is 0 Å². The van der Waals surface area contributed by atoms with Gasteiger partial charge >= 0.3 is 0 Å². The third kappa shape index (κ3) is 3.07. The smallest absolute Gasteiger partial charge is 0.0436 e. The van der Waals surface area contributed by atoms with Gasteiger partial charge in [-0.2, -0.15) is 0 Å². The Labute approximate surface area is 123 Å². The molecule has 112 valence electrons. The van der Waals surface area contributed by atoms with Gasteiger partial charge in [0.1, 0.15) is 0 Å². The van der Waals surface area contributed by atoms with Gasteiger partial charge in [0.2, 0.25) is 0 Å². The molecule has 1 atom stereocenters. The van der Waals surface area contributed by atoms with Gasteiger partial charge in [0.25, 0.3) is 0 Å². The number of benzene rings is 1. The van der Waals surface area contributed by atoms with Crippen molar-refractivity contribution in [1.29, 1.82) is 0 Å². The molecule has 2 rings (SSSR count). The van der Waals surface area contributed by atoms with E-state index in [0.717, 1.165) is 19.5 Å². The predicted molar refractivity (Wildman–Crippen MR) is 85.4 cm³/mol. The molecule has 20 heavy (non-hydrogen) atoms.